The van der Waals surface area contributed by atoms with E-state index in [1.54, 1.807) is 5.01 Å². The zero-order valence-corrected chi connectivity index (χ0v) is 11.2. The first-order valence-corrected chi connectivity index (χ1v) is 6.41. The molecule has 0 aromatic rings. The van der Waals surface area contributed by atoms with Crippen LogP contribution in [0.1, 0.15) is 27.7 Å². The van der Waals surface area contributed by atoms with Gasteiger partial charge in [0, 0.05) is 35.1 Å². The fourth-order valence-corrected chi connectivity index (χ4v) is 3.47. The molecule has 0 atom stereocenters. The van der Waals surface area contributed by atoms with Gasteiger partial charge in [0.2, 0.25) is 0 Å². The molecule has 0 unspecified atom stereocenters. The average Bonchev–Trinajstić information content (AvgIpc) is 2.07. The van der Waals surface area contributed by atoms with Gasteiger partial charge < -0.3 is 10.7 Å². The van der Waals surface area contributed by atoms with Crippen molar-refractivity contribution >= 4 is 11.8 Å². The van der Waals surface area contributed by atoms with E-state index in [9.17, 15) is 0 Å². The molecule has 0 aromatic carbocycles. The van der Waals surface area contributed by atoms with Crippen LogP contribution in [0.3, 0.4) is 0 Å². The number of nitrogens with two attached hydrogens (primary N) is 2. The maximum Gasteiger partial charge on any atom is 0.0545 e. The molecule has 0 aromatic heterocycles. The summed E-state index contributed by atoms with van der Waals surface area (Å²) in [6.45, 7) is 8.76. The van der Waals surface area contributed by atoms with Gasteiger partial charge in [-0.25, -0.2) is 5.84 Å². The second kappa shape index (κ2) is 3.91. The first-order valence-electron chi connectivity index (χ1n) is 5.25. The van der Waals surface area contributed by atoms with Crippen LogP contribution >= 0.6 is 11.8 Å². The SMILES string of the molecule is CN(N)C1=C(N)C(C)(C)CSCC1(C)C. The highest BCUT2D eigenvalue weighted by Gasteiger charge is 2.37. The Bertz CT molecular complexity index is 280. The standard InChI is InChI=1S/C11H23N3S/c1-10(2)6-15-7-11(3,4)9(8(10)12)14(5)13/h6-7,12-13H2,1-5H3. The van der Waals surface area contributed by atoms with Crippen LogP contribution in [-0.2, 0) is 0 Å². The molecule has 4 N–H and O–H groups in total. The van der Waals surface area contributed by atoms with Crippen molar-refractivity contribution in [2.45, 2.75) is 27.7 Å². The molecule has 0 amide bonds. The Balaban J connectivity index is 3.27. The quantitative estimate of drug-likeness (QED) is 0.531. The Labute approximate surface area is 97.2 Å². The second-order valence-corrected chi connectivity index (χ2v) is 6.62. The van der Waals surface area contributed by atoms with Crippen molar-refractivity contribution in [1.82, 2.24) is 5.01 Å². The normalized spacial score (nSPS) is 24.9. The topological polar surface area (TPSA) is 55.3 Å². The highest BCUT2D eigenvalue weighted by Crippen LogP contribution is 2.42. The first kappa shape index (κ1) is 12.7. The van der Waals surface area contributed by atoms with Gasteiger partial charge in [-0.3, -0.25) is 0 Å². The van der Waals surface area contributed by atoms with Gasteiger partial charge in [-0.2, -0.15) is 11.8 Å². The van der Waals surface area contributed by atoms with Crippen LogP contribution in [0.4, 0.5) is 0 Å². The van der Waals surface area contributed by atoms with Crippen molar-refractivity contribution in [2.75, 3.05) is 18.6 Å². The van der Waals surface area contributed by atoms with Crippen LogP contribution in [-0.4, -0.2) is 23.6 Å². The molecule has 88 valence electrons. The number of allylic oxidation sites excluding steroid dienone is 2. The predicted molar refractivity (Wildman–Crippen MR) is 68.1 cm³/mol. The molecule has 0 fully saturated rings. The molecule has 15 heavy (non-hydrogen) atoms. The van der Waals surface area contributed by atoms with E-state index in [4.69, 9.17) is 11.6 Å². The van der Waals surface area contributed by atoms with Crippen LogP contribution in [0, 0.1) is 10.8 Å². The summed E-state index contributed by atoms with van der Waals surface area (Å²) in [5.74, 6) is 8.03. The van der Waals surface area contributed by atoms with Gasteiger partial charge in [0.25, 0.3) is 0 Å². The summed E-state index contributed by atoms with van der Waals surface area (Å²) in [6, 6.07) is 0. The Kier molecular flexibility index (Phi) is 3.31. The molecule has 0 saturated heterocycles. The van der Waals surface area contributed by atoms with Crippen molar-refractivity contribution in [3.8, 4) is 0 Å². The highest BCUT2D eigenvalue weighted by molar-refractivity contribution is 7.99. The fraction of sp³-hybridized carbons (Fsp3) is 0.818. The van der Waals surface area contributed by atoms with Gasteiger partial charge in [0.15, 0.2) is 0 Å². The molecule has 0 spiro atoms. The maximum absolute atomic E-state index is 6.28. The van der Waals surface area contributed by atoms with E-state index >= 15 is 0 Å². The molecule has 0 radical (unpaired) electrons. The van der Waals surface area contributed by atoms with E-state index in [0.29, 0.717) is 0 Å². The number of rotatable bonds is 1. The molecule has 0 bridgehead atoms. The van der Waals surface area contributed by atoms with Crippen LogP contribution in [0.5, 0.6) is 0 Å². The minimum absolute atomic E-state index is 0.0292. The molecule has 1 rings (SSSR count). The summed E-state index contributed by atoms with van der Waals surface area (Å²) < 4.78 is 0. The highest BCUT2D eigenvalue weighted by atomic mass is 32.2. The molecule has 1 heterocycles. The van der Waals surface area contributed by atoms with Crippen molar-refractivity contribution in [2.24, 2.45) is 22.4 Å². The van der Waals surface area contributed by atoms with Gasteiger partial charge in [0.1, 0.15) is 0 Å². The number of hydrogen-bond acceptors (Lipinski definition) is 4. The number of nitrogens with zero attached hydrogens (tertiary/aromatic N) is 1. The summed E-state index contributed by atoms with van der Waals surface area (Å²) in [6.07, 6.45) is 0. The Morgan fingerprint density at radius 3 is 2.07 bits per heavy atom. The Hall–Kier alpha value is -0.350. The van der Waals surface area contributed by atoms with Crippen LogP contribution in [0.2, 0.25) is 0 Å². The molecule has 4 heteroatoms. The monoisotopic (exact) mass is 229 g/mol. The van der Waals surface area contributed by atoms with Crippen molar-refractivity contribution in [3.63, 3.8) is 0 Å². The van der Waals surface area contributed by atoms with Gasteiger partial charge in [-0.1, -0.05) is 27.7 Å². The van der Waals surface area contributed by atoms with Crippen molar-refractivity contribution < 1.29 is 0 Å². The molecule has 1 aliphatic heterocycles. The summed E-state index contributed by atoms with van der Waals surface area (Å²) in [5.41, 5.74) is 8.37. The van der Waals surface area contributed by atoms with E-state index < -0.39 is 0 Å². The van der Waals surface area contributed by atoms with Crippen LogP contribution in [0.25, 0.3) is 0 Å². The number of hydrogen-bond donors (Lipinski definition) is 2. The summed E-state index contributed by atoms with van der Waals surface area (Å²) in [7, 11) is 1.87. The van der Waals surface area contributed by atoms with Crippen LogP contribution < -0.4 is 11.6 Å². The molecule has 0 aliphatic carbocycles. The minimum Gasteiger partial charge on any atom is -0.400 e. The molecular formula is C11H23N3S. The summed E-state index contributed by atoms with van der Waals surface area (Å²) in [4.78, 5) is 0. The molecule has 1 aliphatic rings. The second-order valence-electron chi connectivity index (χ2n) is 5.63. The van der Waals surface area contributed by atoms with Gasteiger partial charge in [0.05, 0.1) is 5.70 Å². The molecular weight excluding hydrogens is 206 g/mol. The predicted octanol–water partition coefficient (Wildman–Crippen LogP) is 1.76. The van der Waals surface area contributed by atoms with E-state index in [2.05, 4.69) is 27.7 Å². The van der Waals surface area contributed by atoms with Crippen molar-refractivity contribution in [3.05, 3.63) is 11.4 Å². The summed E-state index contributed by atoms with van der Waals surface area (Å²) in [5, 5.41) is 1.68. The molecule has 0 saturated carbocycles. The van der Waals surface area contributed by atoms with E-state index in [-0.39, 0.29) is 10.8 Å². The third-order valence-electron chi connectivity index (χ3n) is 2.90. The first-order chi connectivity index (χ1) is 6.68. The Morgan fingerprint density at radius 2 is 1.60 bits per heavy atom. The number of hydrazine groups is 1. The van der Waals surface area contributed by atoms with Gasteiger partial charge >= 0.3 is 0 Å². The minimum atomic E-state index is 0.0292. The van der Waals surface area contributed by atoms with Gasteiger partial charge in [-0.15, -0.1) is 0 Å². The average molecular weight is 229 g/mol. The van der Waals surface area contributed by atoms with Crippen LogP contribution in [0.15, 0.2) is 11.4 Å². The van der Waals surface area contributed by atoms with E-state index in [0.717, 1.165) is 22.9 Å². The number of thioether (sulfide) groups is 1. The smallest absolute Gasteiger partial charge is 0.0545 e. The largest absolute Gasteiger partial charge is 0.400 e. The lowest BCUT2D eigenvalue weighted by Gasteiger charge is -2.34. The third-order valence-corrected chi connectivity index (χ3v) is 4.76. The lowest BCUT2D eigenvalue weighted by atomic mass is 9.82. The molecule has 3 nitrogen and oxygen atoms in total. The van der Waals surface area contributed by atoms with Crippen molar-refractivity contribution in [1.29, 1.82) is 0 Å². The zero-order chi connectivity index (χ0) is 11.9. The van der Waals surface area contributed by atoms with Gasteiger partial charge in [-0.05, 0) is 0 Å². The third kappa shape index (κ3) is 2.42. The zero-order valence-electron chi connectivity index (χ0n) is 10.4. The van der Waals surface area contributed by atoms with E-state index in [1.807, 2.05) is 18.8 Å². The van der Waals surface area contributed by atoms with E-state index in [1.165, 1.54) is 0 Å². The Morgan fingerprint density at radius 1 is 1.13 bits per heavy atom. The lowest BCUT2D eigenvalue weighted by Crippen LogP contribution is -2.39. The maximum atomic E-state index is 6.28. The lowest BCUT2D eigenvalue weighted by molar-refractivity contribution is 0.305. The summed E-state index contributed by atoms with van der Waals surface area (Å²) >= 11 is 1.95. The fourth-order valence-electron chi connectivity index (χ4n) is 2.06.